The van der Waals surface area contributed by atoms with E-state index < -0.39 is 0 Å². The van der Waals surface area contributed by atoms with Gasteiger partial charge in [0.2, 0.25) is 0 Å². The van der Waals surface area contributed by atoms with Crippen LogP contribution in [0.3, 0.4) is 0 Å². The van der Waals surface area contributed by atoms with Crippen molar-refractivity contribution in [2.45, 2.75) is 89.3 Å². The maximum absolute atomic E-state index is 6.04. The van der Waals surface area contributed by atoms with Crippen LogP contribution in [0, 0.1) is 0 Å². The fraction of sp³-hybridized carbons (Fsp3) is 0.615. The third-order valence-corrected chi connectivity index (χ3v) is 7.46. The Labute approximate surface area is 179 Å². The summed E-state index contributed by atoms with van der Waals surface area (Å²) in [6, 6.07) is 4.70. The Hall–Kier alpha value is -1.78. The van der Waals surface area contributed by atoms with Crippen LogP contribution in [-0.4, -0.2) is 23.2 Å². The summed E-state index contributed by atoms with van der Waals surface area (Å²) in [6.07, 6.45) is 14.4. The number of hydrogen-bond acceptors (Lipinski definition) is 4. The smallest absolute Gasteiger partial charge is 0.0995 e. The minimum atomic E-state index is 0.160. The Morgan fingerprint density at radius 1 is 0.600 bits per heavy atom. The zero-order valence-corrected chi connectivity index (χ0v) is 17.9. The van der Waals surface area contributed by atoms with Gasteiger partial charge in [-0.1, -0.05) is 0 Å². The number of nitrogens with zero attached hydrogens (tertiary/aromatic N) is 2. The number of hydrogen-bond donors (Lipinski definition) is 0. The van der Waals surface area contributed by atoms with E-state index in [9.17, 15) is 0 Å². The fourth-order valence-corrected chi connectivity index (χ4v) is 5.88. The lowest BCUT2D eigenvalue weighted by molar-refractivity contribution is 0.108. The second-order valence-electron chi connectivity index (χ2n) is 9.48. The maximum Gasteiger partial charge on any atom is 0.0995 e. The minimum Gasteiger partial charge on any atom is -0.372 e. The summed E-state index contributed by atoms with van der Waals surface area (Å²) in [5, 5.41) is 0. The monoisotopic (exact) mass is 404 g/mol. The van der Waals surface area contributed by atoms with Crippen molar-refractivity contribution in [1.82, 2.24) is 9.97 Å². The van der Waals surface area contributed by atoms with E-state index in [4.69, 9.17) is 19.4 Å². The minimum absolute atomic E-state index is 0.160. The molecule has 4 heterocycles. The largest absolute Gasteiger partial charge is 0.372 e. The lowest BCUT2D eigenvalue weighted by atomic mass is 9.84. The van der Waals surface area contributed by atoms with E-state index in [1.807, 2.05) is 0 Å². The molecule has 2 atom stereocenters. The van der Waals surface area contributed by atoms with Gasteiger partial charge >= 0.3 is 0 Å². The van der Waals surface area contributed by atoms with Crippen LogP contribution in [-0.2, 0) is 35.2 Å². The van der Waals surface area contributed by atoms with Crippen molar-refractivity contribution in [2.75, 3.05) is 13.2 Å². The molecular weight excluding hydrogens is 372 g/mol. The highest BCUT2D eigenvalue weighted by Crippen LogP contribution is 2.39. The average Bonchev–Trinajstić information content (AvgIpc) is 3.52. The van der Waals surface area contributed by atoms with Gasteiger partial charge in [0.25, 0.3) is 0 Å². The van der Waals surface area contributed by atoms with Gasteiger partial charge < -0.3 is 9.47 Å². The molecule has 0 N–H and O–H groups in total. The molecule has 2 aliphatic carbocycles. The Bertz CT molecular complexity index is 865. The quantitative estimate of drug-likeness (QED) is 0.667. The molecule has 6 rings (SSSR count). The molecule has 30 heavy (non-hydrogen) atoms. The lowest BCUT2D eigenvalue weighted by Crippen LogP contribution is -2.15. The van der Waals surface area contributed by atoms with Gasteiger partial charge in [0, 0.05) is 13.2 Å². The maximum atomic E-state index is 6.04. The molecule has 0 spiro atoms. The Kier molecular flexibility index (Phi) is 5.08. The Morgan fingerprint density at radius 2 is 1.07 bits per heavy atom. The first-order chi connectivity index (χ1) is 14.9. The lowest BCUT2D eigenvalue weighted by Gasteiger charge is -2.26. The summed E-state index contributed by atoms with van der Waals surface area (Å²) in [7, 11) is 0. The van der Waals surface area contributed by atoms with E-state index in [1.54, 1.807) is 0 Å². The van der Waals surface area contributed by atoms with Crippen LogP contribution in [0.1, 0.15) is 97.2 Å². The summed E-state index contributed by atoms with van der Waals surface area (Å²) in [5.74, 6) is 0. The van der Waals surface area contributed by atoms with E-state index in [-0.39, 0.29) is 12.2 Å². The molecule has 0 bridgehead atoms. The second-order valence-corrected chi connectivity index (χ2v) is 9.48. The second kappa shape index (κ2) is 8.05. The van der Waals surface area contributed by atoms with Crippen molar-refractivity contribution in [3.05, 3.63) is 45.8 Å². The number of ether oxygens (including phenoxy) is 2. The van der Waals surface area contributed by atoms with Gasteiger partial charge in [-0.05, 0) is 111 Å². The van der Waals surface area contributed by atoms with Gasteiger partial charge in [-0.2, -0.15) is 0 Å². The highest BCUT2D eigenvalue weighted by atomic mass is 16.5. The highest BCUT2D eigenvalue weighted by Gasteiger charge is 2.29. The van der Waals surface area contributed by atoms with E-state index >= 15 is 0 Å². The first kappa shape index (κ1) is 18.9. The molecule has 4 heteroatoms. The molecule has 2 aromatic rings. The molecule has 2 aromatic heterocycles. The van der Waals surface area contributed by atoms with Gasteiger partial charge in [0.1, 0.15) is 0 Å². The van der Waals surface area contributed by atoms with E-state index in [1.165, 1.54) is 47.9 Å². The van der Waals surface area contributed by atoms with Gasteiger partial charge in [-0.3, -0.25) is 0 Å². The molecule has 4 aliphatic rings. The summed E-state index contributed by atoms with van der Waals surface area (Å²) in [6.45, 7) is 1.72. The van der Waals surface area contributed by atoms with Gasteiger partial charge in [-0.25, -0.2) is 9.97 Å². The van der Waals surface area contributed by atoms with Crippen molar-refractivity contribution in [2.24, 2.45) is 0 Å². The summed E-state index contributed by atoms with van der Waals surface area (Å²) in [5.41, 5.74) is 10.5. The predicted octanol–water partition coefficient (Wildman–Crippen LogP) is 5.60. The number of aromatic nitrogens is 2. The van der Waals surface area contributed by atoms with Crippen LogP contribution >= 0.6 is 0 Å². The number of fused-ring (bicyclic) bond motifs is 2. The van der Waals surface area contributed by atoms with Gasteiger partial charge in [0.05, 0.1) is 35.0 Å². The van der Waals surface area contributed by atoms with Crippen molar-refractivity contribution >= 4 is 0 Å². The summed E-state index contributed by atoms with van der Waals surface area (Å²) in [4.78, 5) is 10.6. The highest BCUT2D eigenvalue weighted by molar-refractivity contribution is 5.67. The molecule has 0 amide bonds. The fourth-order valence-electron chi connectivity index (χ4n) is 5.88. The van der Waals surface area contributed by atoms with Crippen LogP contribution in [0.4, 0.5) is 0 Å². The van der Waals surface area contributed by atoms with Crippen LogP contribution in [0.2, 0.25) is 0 Å². The van der Waals surface area contributed by atoms with Crippen molar-refractivity contribution in [3.63, 3.8) is 0 Å². The molecule has 2 fully saturated rings. The first-order valence-electron chi connectivity index (χ1n) is 12.2. The van der Waals surface area contributed by atoms with Crippen molar-refractivity contribution < 1.29 is 9.47 Å². The normalized spacial score (nSPS) is 25.9. The predicted molar refractivity (Wildman–Crippen MR) is 117 cm³/mol. The molecule has 2 aliphatic heterocycles. The zero-order chi connectivity index (χ0) is 19.9. The topological polar surface area (TPSA) is 44.2 Å². The van der Waals surface area contributed by atoms with E-state index in [2.05, 4.69) is 12.1 Å². The molecule has 0 aromatic carbocycles. The molecule has 0 saturated carbocycles. The zero-order valence-electron chi connectivity index (χ0n) is 17.9. The summed E-state index contributed by atoms with van der Waals surface area (Å²) < 4.78 is 12.1. The summed E-state index contributed by atoms with van der Waals surface area (Å²) >= 11 is 0. The number of aryl methyl sites for hydroxylation is 2. The van der Waals surface area contributed by atoms with Crippen LogP contribution in [0.5, 0.6) is 0 Å². The third-order valence-electron chi connectivity index (χ3n) is 7.46. The molecule has 0 unspecified atom stereocenters. The Morgan fingerprint density at radius 3 is 1.50 bits per heavy atom. The number of rotatable bonds is 3. The molecule has 158 valence electrons. The van der Waals surface area contributed by atoms with Crippen LogP contribution in [0.15, 0.2) is 12.1 Å². The van der Waals surface area contributed by atoms with E-state index in [0.29, 0.717) is 0 Å². The van der Waals surface area contributed by atoms with Crippen LogP contribution in [0.25, 0.3) is 11.4 Å². The average molecular weight is 405 g/mol. The molecular formula is C26H32N2O2. The number of pyridine rings is 2. The van der Waals surface area contributed by atoms with Gasteiger partial charge in [0.15, 0.2) is 0 Å². The molecule has 2 saturated heterocycles. The molecule has 4 nitrogen and oxygen atoms in total. The Balaban J connectivity index is 1.53. The third kappa shape index (κ3) is 3.38. The van der Waals surface area contributed by atoms with E-state index in [0.717, 1.165) is 87.4 Å². The standard InChI is InChI=1S/C26H32N2O2/c1-3-9-19-17(7-1)15-21(23-11-5-13-29-23)27-25(19)26-20-10-4-2-8-18(20)16-22(28-26)24-12-6-14-30-24/h15-16,23-24H,1-14H2/t23-,24-/m1/s1. The molecule has 0 radical (unpaired) electrons. The van der Waals surface area contributed by atoms with Crippen LogP contribution < -0.4 is 0 Å². The van der Waals surface area contributed by atoms with Crippen molar-refractivity contribution in [1.29, 1.82) is 0 Å². The first-order valence-corrected chi connectivity index (χ1v) is 12.2. The SMILES string of the molecule is c1c([C@H]2CCCO2)nc(-c2nc([C@H]3CCCO3)cc3c2CCCC3)c2c1CCCC2. The van der Waals surface area contributed by atoms with Gasteiger partial charge in [-0.15, -0.1) is 0 Å². The van der Waals surface area contributed by atoms with Crippen molar-refractivity contribution in [3.8, 4) is 11.4 Å².